The van der Waals surface area contributed by atoms with Gasteiger partial charge in [-0.1, -0.05) is 41.6 Å². The third kappa shape index (κ3) is 4.35. The fraction of sp³-hybridized carbons (Fsp3) is 0.263. The summed E-state index contributed by atoms with van der Waals surface area (Å²) in [5.41, 5.74) is 1.73. The fourth-order valence-electron chi connectivity index (χ4n) is 2.45. The van der Waals surface area contributed by atoms with E-state index in [4.69, 9.17) is 16.3 Å². The number of nitrogens with zero attached hydrogens (tertiary/aromatic N) is 2. The number of carbonyl (C=O) groups excluding carboxylic acids is 1. The summed E-state index contributed by atoms with van der Waals surface area (Å²) in [6.07, 6.45) is 0. The Morgan fingerprint density at radius 1 is 1.28 bits per heavy atom. The number of hydrogen-bond donors (Lipinski definition) is 0. The minimum atomic E-state index is -0.161. The lowest BCUT2D eigenvalue weighted by Gasteiger charge is -2.22. The predicted octanol–water partition coefficient (Wildman–Crippen LogP) is 4.55. The Labute approximate surface area is 156 Å². The zero-order valence-electron chi connectivity index (χ0n) is 14.1. The van der Waals surface area contributed by atoms with Crippen molar-refractivity contribution < 1.29 is 9.53 Å². The molecule has 0 saturated heterocycles. The molecule has 6 heteroatoms. The Bertz CT molecular complexity index is 792. The number of hydrogen-bond acceptors (Lipinski definition) is 4. The number of thioether (sulfide) groups is 1. The van der Waals surface area contributed by atoms with Crippen LogP contribution < -0.4 is 9.64 Å². The summed E-state index contributed by atoms with van der Waals surface area (Å²) in [4.78, 5) is 19.1. The molecule has 1 atom stereocenters. The molecule has 1 aliphatic rings. The molecular formula is C19H19ClN2O2S. The number of amidine groups is 1. The average molecular weight is 375 g/mol. The van der Waals surface area contributed by atoms with Gasteiger partial charge >= 0.3 is 0 Å². The number of aryl methyl sites for hydroxylation is 1. The van der Waals surface area contributed by atoms with Crippen LogP contribution in [0.2, 0.25) is 5.02 Å². The number of ether oxygens (including phenoxy) is 1. The van der Waals surface area contributed by atoms with Crippen LogP contribution in [-0.4, -0.2) is 29.5 Å². The molecule has 0 fully saturated rings. The number of rotatable bonds is 4. The van der Waals surface area contributed by atoms with Gasteiger partial charge in [0.15, 0.2) is 11.8 Å². The van der Waals surface area contributed by atoms with Gasteiger partial charge in [0.25, 0.3) is 5.91 Å². The van der Waals surface area contributed by atoms with Gasteiger partial charge in [0, 0.05) is 10.8 Å². The molecule has 130 valence electrons. The minimum absolute atomic E-state index is 0.0541. The van der Waals surface area contributed by atoms with E-state index in [0.29, 0.717) is 15.9 Å². The Morgan fingerprint density at radius 3 is 2.64 bits per heavy atom. The lowest BCUT2D eigenvalue weighted by Crippen LogP contribution is -2.38. The van der Waals surface area contributed by atoms with Crippen LogP contribution in [0.4, 0.5) is 5.69 Å². The quantitative estimate of drug-likeness (QED) is 0.788. The van der Waals surface area contributed by atoms with E-state index < -0.39 is 0 Å². The van der Waals surface area contributed by atoms with Crippen LogP contribution in [-0.2, 0) is 4.79 Å². The zero-order valence-corrected chi connectivity index (χ0v) is 15.7. The van der Waals surface area contributed by atoms with Crippen molar-refractivity contribution in [1.29, 1.82) is 0 Å². The Kier molecular flexibility index (Phi) is 5.66. The highest BCUT2D eigenvalue weighted by molar-refractivity contribution is 8.14. The van der Waals surface area contributed by atoms with E-state index in [0.717, 1.165) is 17.0 Å². The van der Waals surface area contributed by atoms with Gasteiger partial charge < -0.3 is 4.74 Å². The van der Waals surface area contributed by atoms with Gasteiger partial charge in [0.05, 0.1) is 11.7 Å². The van der Waals surface area contributed by atoms with Gasteiger partial charge in [-0.15, -0.1) is 0 Å². The van der Waals surface area contributed by atoms with Crippen molar-refractivity contribution >= 4 is 40.1 Å². The van der Waals surface area contributed by atoms with Crippen LogP contribution in [0.3, 0.4) is 0 Å². The van der Waals surface area contributed by atoms with Gasteiger partial charge in [0.1, 0.15) is 5.75 Å². The summed E-state index contributed by atoms with van der Waals surface area (Å²) in [5, 5.41) is 1.33. The van der Waals surface area contributed by atoms with Crippen molar-refractivity contribution in [2.75, 3.05) is 17.3 Å². The van der Waals surface area contributed by atoms with E-state index in [9.17, 15) is 4.79 Å². The fourth-order valence-corrected chi connectivity index (χ4v) is 3.64. The van der Waals surface area contributed by atoms with Crippen LogP contribution in [0.15, 0.2) is 53.5 Å². The van der Waals surface area contributed by atoms with Crippen molar-refractivity contribution in [2.24, 2.45) is 4.99 Å². The van der Waals surface area contributed by atoms with Gasteiger partial charge in [-0.2, -0.15) is 0 Å². The van der Waals surface area contributed by atoms with Gasteiger partial charge in [-0.3, -0.25) is 14.7 Å². The smallest absolute Gasteiger partial charge is 0.271 e. The molecule has 2 aromatic rings. The minimum Gasteiger partial charge on any atom is -0.483 e. The normalized spacial score (nSPS) is 16.4. The third-order valence-electron chi connectivity index (χ3n) is 3.75. The maximum absolute atomic E-state index is 12.9. The highest BCUT2D eigenvalue weighted by Crippen LogP contribution is 2.27. The molecule has 2 aromatic carbocycles. The molecule has 4 nitrogen and oxygen atoms in total. The van der Waals surface area contributed by atoms with Crippen molar-refractivity contribution in [3.05, 3.63) is 59.1 Å². The van der Waals surface area contributed by atoms with E-state index in [2.05, 4.69) is 4.99 Å². The number of benzene rings is 2. The van der Waals surface area contributed by atoms with E-state index in [1.807, 2.05) is 50.2 Å². The van der Waals surface area contributed by atoms with E-state index in [1.54, 1.807) is 28.8 Å². The van der Waals surface area contributed by atoms with Crippen molar-refractivity contribution in [3.8, 4) is 5.75 Å². The van der Waals surface area contributed by atoms with Crippen molar-refractivity contribution in [3.63, 3.8) is 0 Å². The second-order valence-corrected chi connectivity index (χ2v) is 7.26. The summed E-state index contributed by atoms with van der Waals surface area (Å²) in [5.74, 6) is 1.41. The highest BCUT2D eigenvalue weighted by Gasteiger charge is 2.27. The number of anilines is 1. The van der Waals surface area contributed by atoms with Gasteiger partial charge in [-0.05, 0) is 49.7 Å². The van der Waals surface area contributed by atoms with Crippen LogP contribution in [0.5, 0.6) is 5.75 Å². The first-order chi connectivity index (χ1) is 12.0. The average Bonchev–Trinajstić information content (AvgIpc) is 3.02. The SMILES string of the molecule is Cc1ccccc1OCC(=O)N(C1=N[C@@H](C)CS1)c1ccc(Cl)cc1. The number of amides is 1. The van der Waals surface area contributed by atoms with Crippen LogP contribution in [0, 0.1) is 6.92 Å². The van der Waals surface area contributed by atoms with Gasteiger partial charge in [0.2, 0.25) is 0 Å². The number of para-hydroxylation sites is 1. The molecule has 0 aromatic heterocycles. The zero-order chi connectivity index (χ0) is 17.8. The van der Waals surface area contributed by atoms with E-state index >= 15 is 0 Å². The maximum atomic E-state index is 12.9. The van der Waals surface area contributed by atoms with Crippen LogP contribution >= 0.6 is 23.4 Å². The molecule has 0 unspecified atom stereocenters. The molecule has 0 radical (unpaired) electrons. The third-order valence-corrected chi connectivity index (χ3v) is 5.20. The van der Waals surface area contributed by atoms with Crippen LogP contribution in [0.25, 0.3) is 0 Å². The Morgan fingerprint density at radius 2 is 2.00 bits per heavy atom. The number of halogens is 1. The molecule has 1 aliphatic heterocycles. The number of aliphatic imine (C=N–C) groups is 1. The Hall–Kier alpha value is -1.98. The van der Waals surface area contributed by atoms with Crippen molar-refractivity contribution in [1.82, 2.24) is 0 Å². The van der Waals surface area contributed by atoms with E-state index in [-0.39, 0.29) is 18.6 Å². The molecule has 3 rings (SSSR count). The molecule has 0 spiro atoms. The molecule has 0 aliphatic carbocycles. The largest absolute Gasteiger partial charge is 0.483 e. The molecule has 0 N–H and O–H groups in total. The molecule has 1 heterocycles. The first kappa shape index (κ1) is 17.8. The highest BCUT2D eigenvalue weighted by atomic mass is 35.5. The number of carbonyl (C=O) groups is 1. The Balaban J connectivity index is 1.81. The lowest BCUT2D eigenvalue weighted by molar-refractivity contribution is -0.119. The predicted molar refractivity (Wildman–Crippen MR) is 105 cm³/mol. The monoisotopic (exact) mass is 374 g/mol. The summed E-state index contributed by atoms with van der Waals surface area (Å²) in [6.45, 7) is 3.94. The first-order valence-corrected chi connectivity index (χ1v) is 9.38. The molecule has 1 amide bonds. The maximum Gasteiger partial charge on any atom is 0.271 e. The van der Waals surface area contributed by atoms with Crippen LogP contribution in [0.1, 0.15) is 12.5 Å². The first-order valence-electron chi connectivity index (χ1n) is 8.02. The molecule has 0 saturated carbocycles. The molecule has 25 heavy (non-hydrogen) atoms. The summed E-state index contributed by atoms with van der Waals surface area (Å²) < 4.78 is 5.73. The van der Waals surface area contributed by atoms with Crippen molar-refractivity contribution in [2.45, 2.75) is 19.9 Å². The second kappa shape index (κ2) is 7.93. The molecule has 0 bridgehead atoms. The van der Waals surface area contributed by atoms with E-state index in [1.165, 1.54) is 0 Å². The lowest BCUT2D eigenvalue weighted by atomic mass is 10.2. The standard InChI is InChI=1S/C19H19ClN2O2S/c1-13-5-3-4-6-17(13)24-11-18(23)22(19-21-14(2)12-25-19)16-9-7-15(20)8-10-16/h3-10,14H,11-12H2,1-2H3/t14-/m0/s1. The summed E-state index contributed by atoms with van der Waals surface area (Å²) in [7, 11) is 0. The summed E-state index contributed by atoms with van der Waals surface area (Å²) >= 11 is 7.55. The van der Waals surface area contributed by atoms with Gasteiger partial charge in [-0.25, -0.2) is 0 Å². The molecular weight excluding hydrogens is 356 g/mol. The summed E-state index contributed by atoms with van der Waals surface area (Å²) in [6, 6.07) is 15.0. The second-order valence-electron chi connectivity index (χ2n) is 5.83. The topological polar surface area (TPSA) is 41.9 Å².